The molecule has 0 saturated heterocycles. The average molecular weight is 344 g/mol. The summed E-state index contributed by atoms with van der Waals surface area (Å²) in [6.45, 7) is 1.66. The maximum atomic E-state index is 13.6. The summed E-state index contributed by atoms with van der Waals surface area (Å²) in [5.41, 5.74) is 0.402. The van der Waals surface area contributed by atoms with Gasteiger partial charge in [-0.05, 0) is 30.2 Å². The van der Waals surface area contributed by atoms with E-state index in [1.807, 2.05) is 13.0 Å². The first kappa shape index (κ1) is 16.8. The molecule has 0 unspecified atom stereocenters. The Morgan fingerprint density at radius 3 is 2.52 bits per heavy atom. The first-order valence-corrected chi connectivity index (χ1v) is 7.66. The third-order valence-corrected chi connectivity index (χ3v) is 3.83. The maximum Gasteiger partial charge on any atom is 0.344 e. The number of aryl methyl sites for hydroxylation is 1. The Balaban J connectivity index is 1.91. The van der Waals surface area contributed by atoms with E-state index in [0.29, 0.717) is 16.5 Å². The second-order valence-electron chi connectivity index (χ2n) is 5.45. The predicted molar refractivity (Wildman–Crippen MR) is 87.3 cm³/mol. The lowest BCUT2D eigenvalue weighted by Crippen LogP contribution is -2.11. The summed E-state index contributed by atoms with van der Waals surface area (Å²) in [4.78, 5) is 23.7. The zero-order valence-corrected chi connectivity index (χ0v) is 13.3. The van der Waals surface area contributed by atoms with Gasteiger partial charge in [0.2, 0.25) is 0 Å². The zero-order chi connectivity index (χ0) is 18.0. The number of benzene rings is 2. The van der Waals surface area contributed by atoms with Crippen LogP contribution in [0.15, 0.2) is 51.7 Å². The van der Waals surface area contributed by atoms with E-state index in [4.69, 9.17) is 9.15 Å². The molecule has 4 nitrogen and oxygen atoms in total. The van der Waals surface area contributed by atoms with Gasteiger partial charge in [0.05, 0.1) is 0 Å². The van der Waals surface area contributed by atoms with E-state index in [9.17, 15) is 18.4 Å². The largest absolute Gasteiger partial charge is 0.457 e. The van der Waals surface area contributed by atoms with Crippen LogP contribution in [0.4, 0.5) is 8.78 Å². The van der Waals surface area contributed by atoms with Crippen molar-refractivity contribution in [2.75, 3.05) is 0 Å². The number of ether oxygens (including phenoxy) is 1. The van der Waals surface area contributed by atoms with Gasteiger partial charge >= 0.3 is 11.6 Å². The van der Waals surface area contributed by atoms with Gasteiger partial charge in [0.25, 0.3) is 0 Å². The van der Waals surface area contributed by atoms with Crippen LogP contribution in [0.1, 0.15) is 28.4 Å². The molecule has 3 aromatic rings. The van der Waals surface area contributed by atoms with Crippen molar-refractivity contribution in [2.45, 2.75) is 20.0 Å². The van der Waals surface area contributed by atoms with Crippen LogP contribution < -0.4 is 5.63 Å². The Morgan fingerprint density at radius 1 is 1.12 bits per heavy atom. The van der Waals surface area contributed by atoms with Crippen LogP contribution in [0.2, 0.25) is 0 Å². The summed E-state index contributed by atoms with van der Waals surface area (Å²) < 4.78 is 37.4. The van der Waals surface area contributed by atoms with E-state index < -0.39 is 28.8 Å². The predicted octanol–water partition coefficient (Wildman–Crippen LogP) is 3.99. The Morgan fingerprint density at radius 2 is 1.84 bits per heavy atom. The van der Waals surface area contributed by atoms with Gasteiger partial charge in [-0.15, -0.1) is 0 Å². The molecular weight excluding hydrogens is 330 g/mol. The first-order chi connectivity index (χ1) is 12.0. The van der Waals surface area contributed by atoms with Crippen LogP contribution in [0, 0.1) is 11.6 Å². The quantitative estimate of drug-likeness (QED) is 0.530. The highest BCUT2D eigenvalue weighted by molar-refractivity contribution is 5.90. The lowest BCUT2D eigenvalue weighted by molar-refractivity contribution is 0.0462. The fourth-order valence-electron chi connectivity index (χ4n) is 2.52. The van der Waals surface area contributed by atoms with E-state index in [1.165, 1.54) is 6.07 Å². The van der Waals surface area contributed by atoms with Crippen LogP contribution in [-0.4, -0.2) is 5.97 Å². The summed E-state index contributed by atoms with van der Waals surface area (Å²) >= 11 is 0. The molecule has 0 fully saturated rings. The van der Waals surface area contributed by atoms with Crippen LogP contribution >= 0.6 is 0 Å². The number of esters is 1. The molecule has 1 heterocycles. The number of rotatable bonds is 4. The van der Waals surface area contributed by atoms with Gasteiger partial charge in [-0.1, -0.05) is 25.1 Å². The van der Waals surface area contributed by atoms with E-state index >= 15 is 0 Å². The third-order valence-electron chi connectivity index (χ3n) is 3.83. The van der Waals surface area contributed by atoms with E-state index in [2.05, 4.69) is 0 Å². The molecule has 0 aliphatic rings. The monoisotopic (exact) mass is 344 g/mol. The number of halogens is 2. The Kier molecular flexibility index (Phi) is 4.61. The van der Waals surface area contributed by atoms with Crippen molar-refractivity contribution in [1.29, 1.82) is 0 Å². The minimum absolute atomic E-state index is 0.305. The second-order valence-corrected chi connectivity index (χ2v) is 5.45. The summed E-state index contributed by atoms with van der Waals surface area (Å²) in [5.74, 6) is -3.15. The van der Waals surface area contributed by atoms with Crippen molar-refractivity contribution in [3.8, 4) is 0 Å². The molecule has 0 aliphatic heterocycles. The molecule has 0 atom stereocenters. The molecule has 2 aromatic carbocycles. The number of hydrogen-bond donors (Lipinski definition) is 0. The molecule has 25 heavy (non-hydrogen) atoms. The smallest absolute Gasteiger partial charge is 0.344 e. The van der Waals surface area contributed by atoms with Crippen LogP contribution in [0.25, 0.3) is 11.0 Å². The van der Waals surface area contributed by atoms with Crippen molar-refractivity contribution >= 4 is 16.9 Å². The van der Waals surface area contributed by atoms with Crippen molar-refractivity contribution in [3.63, 3.8) is 0 Å². The maximum absolute atomic E-state index is 13.6. The number of hydrogen-bond acceptors (Lipinski definition) is 4. The first-order valence-electron chi connectivity index (χ1n) is 7.66. The molecule has 1 aromatic heterocycles. The van der Waals surface area contributed by atoms with Crippen molar-refractivity contribution in [2.24, 2.45) is 0 Å². The molecule has 0 N–H and O–H groups in total. The zero-order valence-electron chi connectivity index (χ0n) is 13.3. The van der Waals surface area contributed by atoms with Crippen LogP contribution in [-0.2, 0) is 17.8 Å². The lowest BCUT2D eigenvalue weighted by Gasteiger charge is -2.09. The number of carbonyl (C=O) groups excluding carboxylic acids is 1. The molecule has 0 radical (unpaired) electrons. The van der Waals surface area contributed by atoms with E-state index in [-0.39, 0.29) is 6.61 Å². The number of carbonyl (C=O) groups is 1. The van der Waals surface area contributed by atoms with Gasteiger partial charge in [0.15, 0.2) is 0 Å². The summed E-state index contributed by atoms with van der Waals surface area (Å²) in [6, 6.07) is 9.64. The van der Waals surface area contributed by atoms with Crippen LogP contribution in [0.3, 0.4) is 0 Å². The standard InChI is InChI=1S/C19H14F2O4/c1-2-11-6-7-13-12(9-17(22)25-16(13)8-11)10-24-19(23)18-14(20)4-3-5-15(18)21/h3-9H,2,10H2,1H3. The highest BCUT2D eigenvalue weighted by Gasteiger charge is 2.19. The van der Waals surface area contributed by atoms with Gasteiger partial charge in [0, 0.05) is 17.0 Å². The summed E-state index contributed by atoms with van der Waals surface area (Å²) in [7, 11) is 0. The number of fused-ring (bicyclic) bond motifs is 1. The molecule has 6 heteroatoms. The van der Waals surface area contributed by atoms with Crippen molar-refractivity contribution in [1.82, 2.24) is 0 Å². The highest BCUT2D eigenvalue weighted by atomic mass is 19.1. The Bertz CT molecular complexity index is 988. The third kappa shape index (κ3) is 3.42. The minimum Gasteiger partial charge on any atom is -0.457 e. The SMILES string of the molecule is CCc1ccc2c(COC(=O)c3c(F)cccc3F)cc(=O)oc2c1. The van der Waals surface area contributed by atoms with E-state index in [0.717, 1.165) is 30.2 Å². The summed E-state index contributed by atoms with van der Waals surface area (Å²) in [5, 5.41) is 0.596. The molecular formula is C19H14F2O4. The Labute approximate surface area is 141 Å². The second kappa shape index (κ2) is 6.84. The summed E-state index contributed by atoms with van der Waals surface area (Å²) in [6.07, 6.45) is 0.769. The van der Waals surface area contributed by atoms with Gasteiger partial charge in [-0.3, -0.25) is 0 Å². The molecule has 0 spiro atoms. The Hall–Kier alpha value is -3.02. The minimum atomic E-state index is -1.14. The molecule has 0 saturated carbocycles. The topological polar surface area (TPSA) is 56.5 Å². The van der Waals surface area contributed by atoms with Gasteiger partial charge in [-0.25, -0.2) is 18.4 Å². The van der Waals surface area contributed by atoms with Gasteiger partial charge < -0.3 is 9.15 Å². The molecule has 0 bridgehead atoms. The average Bonchev–Trinajstić information content (AvgIpc) is 2.58. The molecule has 0 amide bonds. The van der Waals surface area contributed by atoms with Crippen molar-refractivity contribution in [3.05, 3.63) is 81.2 Å². The van der Waals surface area contributed by atoms with Gasteiger partial charge in [-0.2, -0.15) is 0 Å². The van der Waals surface area contributed by atoms with E-state index in [1.54, 1.807) is 12.1 Å². The van der Waals surface area contributed by atoms with Crippen LogP contribution in [0.5, 0.6) is 0 Å². The fourth-order valence-corrected chi connectivity index (χ4v) is 2.52. The van der Waals surface area contributed by atoms with Crippen molar-refractivity contribution < 1.29 is 22.7 Å². The molecule has 3 rings (SSSR count). The van der Waals surface area contributed by atoms with Gasteiger partial charge in [0.1, 0.15) is 29.4 Å². The lowest BCUT2D eigenvalue weighted by atomic mass is 10.1. The highest BCUT2D eigenvalue weighted by Crippen LogP contribution is 2.21. The normalized spacial score (nSPS) is 10.8. The molecule has 0 aliphatic carbocycles. The molecule has 128 valence electrons. The fraction of sp³-hybridized carbons (Fsp3) is 0.158.